The summed E-state index contributed by atoms with van der Waals surface area (Å²) in [5, 5.41) is 0. The van der Waals surface area contributed by atoms with Crippen LogP contribution in [0.2, 0.25) is 0 Å². The van der Waals surface area contributed by atoms with Gasteiger partial charge in [0.15, 0.2) is 6.10 Å². The van der Waals surface area contributed by atoms with Crippen molar-refractivity contribution in [2.75, 3.05) is 13.2 Å². The third kappa shape index (κ3) is 65.5. The van der Waals surface area contributed by atoms with Gasteiger partial charge in [-0.15, -0.1) is 0 Å². The molecule has 81 heavy (non-hydrogen) atoms. The summed E-state index contributed by atoms with van der Waals surface area (Å²) in [7, 11) is 0. The molecule has 0 heterocycles. The molecule has 0 aliphatic heterocycles. The Morgan fingerprint density at radius 3 is 0.691 bits per heavy atom. The first-order valence-electron chi connectivity index (χ1n) is 32.6. The minimum atomic E-state index is -0.811. The zero-order valence-corrected chi connectivity index (χ0v) is 52.0. The summed E-state index contributed by atoms with van der Waals surface area (Å²) in [6, 6.07) is 0. The van der Waals surface area contributed by atoms with Gasteiger partial charge in [0.25, 0.3) is 0 Å². The quantitative estimate of drug-likeness (QED) is 0.0261. The van der Waals surface area contributed by atoms with Crippen molar-refractivity contribution in [2.24, 2.45) is 0 Å². The van der Waals surface area contributed by atoms with Gasteiger partial charge in [-0.1, -0.05) is 268 Å². The summed E-state index contributed by atoms with van der Waals surface area (Å²) in [6.07, 6.45) is 99.2. The van der Waals surface area contributed by atoms with Gasteiger partial charge in [-0.25, -0.2) is 0 Å². The number of carbonyl (C=O) groups excluding carboxylic acids is 3. The number of hydrogen-bond donors (Lipinski definition) is 0. The number of rotatable bonds is 57. The third-order valence-corrected chi connectivity index (χ3v) is 13.2. The van der Waals surface area contributed by atoms with E-state index in [1.807, 2.05) is 0 Å². The summed E-state index contributed by atoms with van der Waals surface area (Å²) in [5.41, 5.74) is 0. The van der Waals surface area contributed by atoms with Crippen LogP contribution in [0.25, 0.3) is 0 Å². The first kappa shape index (κ1) is 75.8. The summed E-state index contributed by atoms with van der Waals surface area (Å²) in [6.45, 7) is 6.26. The van der Waals surface area contributed by atoms with Gasteiger partial charge in [0.2, 0.25) is 0 Å². The van der Waals surface area contributed by atoms with E-state index in [1.165, 1.54) is 51.4 Å². The Morgan fingerprint density at radius 1 is 0.247 bits per heavy atom. The van der Waals surface area contributed by atoms with Crippen molar-refractivity contribution in [3.63, 3.8) is 0 Å². The average Bonchev–Trinajstić information content (AvgIpc) is 3.47. The number of ether oxygens (including phenoxy) is 3. The molecule has 6 heteroatoms. The largest absolute Gasteiger partial charge is 0.462 e. The Balaban J connectivity index is 4.43. The predicted octanol–water partition coefficient (Wildman–Crippen LogP) is 22.7. The highest BCUT2D eigenvalue weighted by atomic mass is 16.6. The van der Waals surface area contributed by atoms with Crippen molar-refractivity contribution < 1.29 is 28.6 Å². The fourth-order valence-corrected chi connectivity index (χ4v) is 8.43. The Hall–Kier alpha value is -5.23. The van der Waals surface area contributed by atoms with Crippen molar-refractivity contribution in [2.45, 2.75) is 271 Å². The molecule has 0 aromatic carbocycles. The molecule has 0 fully saturated rings. The monoisotopic (exact) mass is 1110 g/mol. The van der Waals surface area contributed by atoms with E-state index in [-0.39, 0.29) is 37.5 Å². The van der Waals surface area contributed by atoms with Crippen LogP contribution in [0.1, 0.15) is 265 Å². The number of allylic oxidation sites excluding steroid dienone is 28. The first-order valence-corrected chi connectivity index (χ1v) is 32.6. The average molecular weight is 1120 g/mol. The van der Waals surface area contributed by atoms with E-state index in [0.717, 1.165) is 173 Å². The molecule has 0 amide bonds. The Labute approximate surface area is 498 Å². The molecular formula is C75H118O6. The first-order chi connectivity index (χ1) is 40.0. The van der Waals surface area contributed by atoms with E-state index in [9.17, 15) is 14.4 Å². The normalized spacial score (nSPS) is 13.3. The standard InChI is InChI=1S/C75H118O6/c1-4-7-10-13-16-19-22-25-28-31-32-33-34-35-36-37-38-39-40-41-42-45-47-50-53-56-59-62-65-68-74(77)80-71-72(81-75(78)69-66-63-60-57-54-51-48-44-30-27-24-21-18-15-12-9-6-3)70-79-73(76)67-64-61-58-55-52-49-46-43-29-26-23-20-17-14-11-8-5-2/h7-12,16-21,25-30,32-33,35-36,38-39,41-42,48,51,72H,4-6,13-15,22-24,31,34,37,40,43-47,49-50,52-71H2,1-3H3/b10-7-,11-8-,12-9-,19-16-,20-17-,21-18-,28-25-,29-26-,30-27-,33-32-,36-35-,39-38-,42-41-,51-48-. The molecule has 0 rings (SSSR count). The fourth-order valence-electron chi connectivity index (χ4n) is 8.43. The minimum Gasteiger partial charge on any atom is -0.462 e. The molecule has 0 saturated heterocycles. The lowest BCUT2D eigenvalue weighted by Crippen LogP contribution is -2.30. The maximum atomic E-state index is 12.9. The number of esters is 3. The molecule has 1 unspecified atom stereocenters. The van der Waals surface area contributed by atoms with Gasteiger partial charge in [-0.05, 0) is 148 Å². The molecule has 0 aromatic heterocycles. The molecule has 0 aliphatic carbocycles. The Bertz CT molecular complexity index is 1860. The number of unbranched alkanes of at least 4 members (excludes halogenated alkanes) is 18. The van der Waals surface area contributed by atoms with Gasteiger partial charge in [-0.3, -0.25) is 14.4 Å². The molecule has 6 nitrogen and oxygen atoms in total. The van der Waals surface area contributed by atoms with E-state index in [0.29, 0.717) is 12.8 Å². The Kier molecular flexibility index (Phi) is 62.9. The smallest absolute Gasteiger partial charge is 0.306 e. The maximum Gasteiger partial charge on any atom is 0.306 e. The zero-order chi connectivity index (χ0) is 58.5. The summed E-state index contributed by atoms with van der Waals surface area (Å²) < 4.78 is 16.9. The summed E-state index contributed by atoms with van der Waals surface area (Å²) in [5.74, 6) is -0.952. The zero-order valence-electron chi connectivity index (χ0n) is 52.0. The van der Waals surface area contributed by atoms with Crippen molar-refractivity contribution in [1.82, 2.24) is 0 Å². The molecule has 0 aliphatic rings. The molecule has 0 bridgehead atoms. The van der Waals surface area contributed by atoms with Gasteiger partial charge in [0.1, 0.15) is 13.2 Å². The van der Waals surface area contributed by atoms with Crippen LogP contribution in [0, 0.1) is 0 Å². The highest BCUT2D eigenvalue weighted by Crippen LogP contribution is 2.14. The van der Waals surface area contributed by atoms with Crippen LogP contribution in [-0.2, 0) is 28.6 Å². The number of hydrogen-bond acceptors (Lipinski definition) is 6. The van der Waals surface area contributed by atoms with Crippen LogP contribution in [0.5, 0.6) is 0 Å². The van der Waals surface area contributed by atoms with Crippen molar-refractivity contribution in [3.05, 3.63) is 170 Å². The van der Waals surface area contributed by atoms with Gasteiger partial charge >= 0.3 is 17.9 Å². The van der Waals surface area contributed by atoms with Gasteiger partial charge in [0.05, 0.1) is 0 Å². The van der Waals surface area contributed by atoms with Gasteiger partial charge < -0.3 is 14.2 Å². The fraction of sp³-hybridized carbons (Fsp3) is 0.587. The third-order valence-electron chi connectivity index (χ3n) is 13.2. The molecular weight excluding hydrogens is 997 g/mol. The van der Waals surface area contributed by atoms with Crippen LogP contribution in [0.15, 0.2) is 170 Å². The van der Waals surface area contributed by atoms with E-state index in [1.54, 1.807) is 0 Å². The topological polar surface area (TPSA) is 78.9 Å². The van der Waals surface area contributed by atoms with Crippen molar-refractivity contribution >= 4 is 17.9 Å². The minimum absolute atomic E-state index is 0.104. The molecule has 0 radical (unpaired) electrons. The molecule has 0 spiro atoms. The highest BCUT2D eigenvalue weighted by Gasteiger charge is 2.19. The molecule has 0 N–H and O–H groups in total. The second-order valence-electron chi connectivity index (χ2n) is 20.9. The lowest BCUT2D eigenvalue weighted by Gasteiger charge is -2.18. The van der Waals surface area contributed by atoms with E-state index < -0.39 is 6.10 Å². The summed E-state index contributed by atoms with van der Waals surface area (Å²) in [4.78, 5) is 38.4. The van der Waals surface area contributed by atoms with Crippen LogP contribution in [0.3, 0.4) is 0 Å². The van der Waals surface area contributed by atoms with E-state index >= 15 is 0 Å². The van der Waals surface area contributed by atoms with Gasteiger partial charge in [-0.2, -0.15) is 0 Å². The van der Waals surface area contributed by atoms with Crippen LogP contribution in [-0.4, -0.2) is 37.2 Å². The van der Waals surface area contributed by atoms with E-state index in [2.05, 4.69) is 191 Å². The van der Waals surface area contributed by atoms with E-state index in [4.69, 9.17) is 14.2 Å². The maximum absolute atomic E-state index is 12.9. The SMILES string of the molecule is CC/C=C\C/C=C\C/C=C\C/C=C\C/C=C\C/C=C\C/C=C\CCCCCCCCCC(=O)OCC(COC(=O)CCCCCCCCC/C=C\C/C=C\C/C=C\CC)OC(=O)CCCCCC/C=C\C/C=C\C/C=C\C/C=C\CC. The second kappa shape index (κ2) is 67.3. The van der Waals surface area contributed by atoms with Crippen LogP contribution >= 0.6 is 0 Å². The Morgan fingerprint density at radius 2 is 0.444 bits per heavy atom. The van der Waals surface area contributed by atoms with Crippen LogP contribution < -0.4 is 0 Å². The summed E-state index contributed by atoms with van der Waals surface area (Å²) >= 11 is 0. The molecule has 0 aromatic rings. The van der Waals surface area contributed by atoms with Gasteiger partial charge in [0, 0.05) is 19.3 Å². The van der Waals surface area contributed by atoms with Crippen LogP contribution in [0.4, 0.5) is 0 Å². The lowest BCUT2D eigenvalue weighted by atomic mass is 10.1. The second-order valence-corrected chi connectivity index (χ2v) is 20.9. The molecule has 454 valence electrons. The number of carbonyl (C=O) groups is 3. The van der Waals surface area contributed by atoms with Crippen molar-refractivity contribution in [3.8, 4) is 0 Å². The predicted molar refractivity (Wildman–Crippen MR) is 352 cm³/mol. The lowest BCUT2D eigenvalue weighted by molar-refractivity contribution is -0.167. The highest BCUT2D eigenvalue weighted by molar-refractivity contribution is 5.71. The molecule has 0 saturated carbocycles. The van der Waals surface area contributed by atoms with Crippen molar-refractivity contribution in [1.29, 1.82) is 0 Å². The molecule has 1 atom stereocenters.